The molecule has 2 rings (SSSR count). The lowest BCUT2D eigenvalue weighted by molar-refractivity contribution is -0.121. The first-order valence-electron chi connectivity index (χ1n) is 6.28. The van der Waals surface area contributed by atoms with E-state index in [1.165, 1.54) is 11.1 Å². The molecule has 1 unspecified atom stereocenters. The molecule has 0 radical (unpaired) electrons. The van der Waals surface area contributed by atoms with E-state index < -0.39 is 0 Å². The minimum absolute atomic E-state index is 0.0845. The maximum Gasteiger partial charge on any atom is 0.242 e. The average Bonchev–Trinajstić information content (AvgIpc) is 2.43. The summed E-state index contributed by atoms with van der Waals surface area (Å²) >= 11 is 0. The summed E-state index contributed by atoms with van der Waals surface area (Å²) in [6.07, 6.45) is 3.09. The molecule has 1 aliphatic rings. The Kier molecular flexibility index (Phi) is 3.67. The first-order valence-corrected chi connectivity index (χ1v) is 6.28. The van der Waals surface area contributed by atoms with Gasteiger partial charge in [-0.1, -0.05) is 6.07 Å². The van der Waals surface area contributed by atoms with Crippen LogP contribution in [0.1, 0.15) is 30.4 Å². The number of amides is 1. The van der Waals surface area contributed by atoms with Crippen molar-refractivity contribution in [2.24, 2.45) is 0 Å². The minimum atomic E-state index is -0.0845. The number of carbonyl (C=O) groups excluding carboxylic acids is 1. The quantitative estimate of drug-likeness (QED) is 0.822. The predicted molar refractivity (Wildman–Crippen MR) is 70.2 cm³/mol. The molecule has 1 aliphatic heterocycles. The van der Waals surface area contributed by atoms with Crippen LogP contribution in [-0.4, -0.2) is 18.5 Å². The molecule has 1 aromatic carbocycles. The van der Waals surface area contributed by atoms with Crippen molar-refractivity contribution in [1.29, 1.82) is 0 Å². The van der Waals surface area contributed by atoms with Gasteiger partial charge in [0.2, 0.25) is 5.91 Å². The zero-order valence-electron chi connectivity index (χ0n) is 10.5. The molecule has 1 atom stereocenters. The monoisotopic (exact) mass is 232 g/mol. The minimum Gasteiger partial charge on any atom is -0.374 e. The topological polar surface area (TPSA) is 41.1 Å². The largest absolute Gasteiger partial charge is 0.374 e. The van der Waals surface area contributed by atoms with Crippen LogP contribution in [0.5, 0.6) is 0 Å². The maximum absolute atomic E-state index is 11.8. The number of rotatable bonds is 2. The molecular weight excluding hydrogens is 212 g/mol. The van der Waals surface area contributed by atoms with Crippen LogP contribution in [0, 0.1) is 13.8 Å². The molecule has 1 saturated heterocycles. The van der Waals surface area contributed by atoms with E-state index in [-0.39, 0.29) is 11.9 Å². The van der Waals surface area contributed by atoms with Crippen molar-refractivity contribution in [2.45, 2.75) is 39.2 Å². The molecule has 1 aromatic rings. The summed E-state index contributed by atoms with van der Waals surface area (Å²) in [5.74, 6) is 0.127. The van der Waals surface area contributed by atoms with E-state index in [4.69, 9.17) is 0 Å². The van der Waals surface area contributed by atoms with Crippen LogP contribution >= 0.6 is 0 Å². The Balaban J connectivity index is 2.10. The highest BCUT2D eigenvalue weighted by Crippen LogP contribution is 2.17. The Hall–Kier alpha value is -1.51. The molecule has 1 fully saturated rings. The van der Waals surface area contributed by atoms with Gasteiger partial charge in [-0.2, -0.15) is 0 Å². The van der Waals surface area contributed by atoms with Crippen molar-refractivity contribution in [1.82, 2.24) is 5.32 Å². The molecule has 0 spiro atoms. The number of benzene rings is 1. The van der Waals surface area contributed by atoms with Crippen LogP contribution in [0.3, 0.4) is 0 Å². The Morgan fingerprint density at radius 2 is 1.88 bits per heavy atom. The summed E-state index contributed by atoms with van der Waals surface area (Å²) in [6, 6.07) is 6.23. The third kappa shape index (κ3) is 3.22. The molecule has 0 aliphatic carbocycles. The third-order valence-corrected chi connectivity index (χ3v) is 3.10. The molecule has 1 heterocycles. The van der Waals surface area contributed by atoms with Gasteiger partial charge in [0.25, 0.3) is 0 Å². The van der Waals surface area contributed by atoms with Crippen LogP contribution in [0.25, 0.3) is 0 Å². The summed E-state index contributed by atoms with van der Waals surface area (Å²) in [4.78, 5) is 11.8. The number of hydrogen-bond acceptors (Lipinski definition) is 2. The Labute approximate surface area is 103 Å². The van der Waals surface area contributed by atoms with E-state index in [9.17, 15) is 4.79 Å². The Morgan fingerprint density at radius 1 is 1.18 bits per heavy atom. The zero-order valence-corrected chi connectivity index (χ0v) is 10.5. The van der Waals surface area contributed by atoms with Crippen LogP contribution in [-0.2, 0) is 4.79 Å². The van der Waals surface area contributed by atoms with E-state index in [2.05, 4.69) is 42.7 Å². The summed E-state index contributed by atoms with van der Waals surface area (Å²) in [5.41, 5.74) is 3.49. The molecule has 0 saturated carbocycles. The van der Waals surface area contributed by atoms with Gasteiger partial charge >= 0.3 is 0 Å². The lowest BCUT2D eigenvalue weighted by Gasteiger charge is -2.17. The van der Waals surface area contributed by atoms with Gasteiger partial charge in [0.1, 0.15) is 6.04 Å². The number of aryl methyl sites for hydroxylation is 2. The Morgan fingerprint density at radius 3 is 2.59 bits per heavy atom. The van der Waals surface area contributed by atoms with Crippen molar-refractivity contribution in [3.63, 3.8) is 0 Å². The van der Waals surface area contributed by atoms with Gasteiger partial charge in [0, 0.05) is 12.2 Å². The molecule has 17 heavy (non-hydrogen) atoms. The van der Waals surface area contributed by atoms with Crippen molar-refractivity contribution in [3.05, 3.63) is 29.3 Å². The van der Waals surface area contributed by atoms with Gasteiger partial charge in [-0.25, -0.2) is 0 Å². The summed E-state index contributed by atoms with van der Waals surface area (Å²) in [6.45, 7) is 4.96. The SMILES string of the molecule is Cc1cc(C)cc(NC2CCCCNC2=O)c1. The number of hydrogen-bond donors (Lipinski definition) is 2. The summed E-state index contributed by atoms with van der Waals surface area (Å²) in [7, 11) is 0. The summed E-state index contributed by atoms with van der Waals surface area (Å²) < 4.78 is 0. The molecule has 3 nitrogen and oxygen atoms in total. The van der Waals surface area contributed by atoms with Gasteiger partial charge in [0.15, 0.2) is 0 Å². The molecule has 2 N–H and O–H groups in total. The zero-order chi connectivity index (χ0) is 12.3. The van der Waals surface area contributed by atoms with Crippen molar-refractivity contribution < 1.29 is 4.79 Å². The van der Waals surface area contributed by atoms with Gasteiger partial charge in [-0.15, -0.1) is 0 Å². The highest BCUT2D eigenvalue weighted by Gasteiger charge is 2.20. The highest BCUT2D eigenvalue weighted by atomic mass is 16.2. The number of nitrogens with one attached hydrogen (secondary N) is 2. The van der Waals surface area contributed by atoms with Crippen molar-refractivity contribution >= 4 is 11.6 Å². The normalized spacial score (nSPS) is 20.6. The van der Waals surface area contributed by atoms with Crippen molar-refractivity contribution in [3.8, 4) is 0 Å². The fourth-order valence-corrected chi connectivity index (χ4v) is 2.34. The standard InChI is InChI=1S/C14H20N2O/c1-10-7-11(2)9-12(8-10)16-13-5-3-4-6-15-14(13)17/h7-9,13,16H,3-6H2,1-2H3,(H,15,17). The van der Waals surface area contributed by atoms with Crippen LogP contribution < -0.4 is 10.6 Å². The van der Waals surface area contributed by atoms with Gasteiger partial charge in [0.05, 0.1) is 0 Å². The smallest absolute Gasteiger partial charge is 0.242 e. The highest BCUT2D eigenvalue weighted by molar-refractivity contribution is 5.84. The lowest BCUT2D eigenvalue weighted by Crippen LogP contribution is -2.37. The predicted octanol–water partition coefficient (Wildman–Crippen LogP) is 2.38. The first-order chi connectivity index (χ1) is 8.15. The van der Waals surface area contributed by atoms with Gasteiger partial charge in [-0.05, 0) is 56.4 Å². The van der Waals surface area contributed by atoms with E-state index in [0.717, 1.165) is 31.5 Å². The molecule has 0 aromatic heterocycles. The number of anilines is 1. The molecule has 0 bridgehead atoms. The average molecular weight is 232 g/mol. The lowest BCUT2D eigenvalue weighted by atomic mass is 10.1. The Bertz CT molecular complexity index is 394. The van der Waals surface area contributed by atoms with Crippen molar-refractivity contribution in [2.75, 3.05) is 11.9 Å². The van der Waals surface area contributed by atoms with Crippen LogP contribution in [0.2, 0.25) is 0 Å². The molecule has 92 valence electrons. The van der Waals surface area contributed by atoms with E-state index in [0.29, 0.717) is 0 Å². The van der Waals surface area contributed by atoms with E-state index >= 15 is 0 Å². The van der Waals surface area contributed by atoms with E-state index in [1.807, 2.05) is 0 Å². The number of carbonyl (C=O) groups is 1. The second kappa shape index (κ2) is 5.21. The molecule has 3 heteroatoms. The van der Waals surface area contributed by atoms with Crippen LogP contribution in [0.4, 0.5) is 5.69 Å². The van der Waals surface area contributed by atoms with E-state index in [1.54, 1.807) is 0 Å². The van der Waals surface area contributed by atoms with Gasteiger partial charge < -0.3 is 10.6 Å². The second-order valence-corrected chi connectivity index (χ2v) is 4.86. The van der Waals surface area contributed by atoms with Gasteiger partial charge in [-0.3, -0.25) is 4.79 Å². The van der Waals surface area contributed by atoms with Crippen LogP contribution in [0.15, 0.2) is 18.2 Å². The fraction of sp³-hybridized carbons (Fsp3) is 0.500. The summed E-state index contributed by atoms with van der Waals surface area (Å²) in [5, 5.41) is 6.28. The second-order valence-electron chi connectivity index (χ2n) is 4.86. The maximum atomic E-state index is 11.8. The molecular formula is C14H20N2O. The molecule has 1 amide bonds. The third-order valence-electron chi connectivity index (χ3n) is 3.10. The first kappa shape index (κ1) is 12.0. The fourth-order valence-electron chi connectivity index (χ4n) is 2.34.